The van der Waals surface area contributed by atoms with E-state index in [0.717, 1.165) is 4.47 Å². The Morgan fingerprint density at radius 1 is 1.16 bits per heavy atom. The Balaban J connectivity index is 2.08. The van der Waals surface area contributed by atoms with E-state index in [9.17, 15) is 14.4 Å². The van der Waals surface area contributed by atoms with Crippen LogP contribution in [0.3, 0.4) is 0 Å². The minimum absolute atomic E-state index is 0.00597. The van der Waals surface area contributed by atoms with E-state index in [0.29, 0.717) is 18.4 Å². The quantitative estimate of drug-likeness (QED) is 0.634. The Morgan fingerprint density at radius 2 is 1.68 bits per heavy atom. The van der Waals surface area contributed by atoms with Crippen LogP contribution in [0.1, 0.15) is 36.5 Å². The highest BCUT2D eigenvalue weighted by atomic mass is 79.9. The zero-order valence-corrected chi connectivity index (χ0v) is 12.3. The molecular weight excluding hydrogens is 308 g/mol. The first-order chi connectivity index (χ1) is 8.97. The van der Waals surface area contributed by atoms with Crippen LogP contribution in [-0.2, 0) is 9.59 Å². The van der Waals surface area contributed by atoms with Crippen molar-refractivity contribution >= 4 is 33.3 Å². The molecular formula is C15H15BrO3. The molecule has 0 aromatic heterocycles. The standard InChI is InChI=1S/C15H15BrO3/c1-9-6-14(18)12(15(19)7-9)8-13(17)10-2-4-11(16)5-3-10/h2-5,9,12H,6-8H2,1H3. The number of hydrogen-bond donors (Lipinski definition) is 0. The zero-order chi connectivity index (χ0) is 14.0. The van der Waals surface area contributed by atoms with Gasteiger partial charge in [0.05, 0.1) is 5.92 Å². The highest BCUT2D eigenvalue weighted by Gasteiger charge is 2.34. The van der Waals surface area contributed by atoms with E-state index in [1.807, 2.05) is 6.92 Å². The molecule has 0 saturated heterocycles. The molecule has 0 amide bonds. The van der Waals surface area contributed by atoms with Crippen molar-refractivity contribution in [1.82, 2.24) is 0 Å². The minimum atomic E-state index is -0.729. The summed E-state index contributed by atoms with van der Waals surface area (Å²) in [4.78, 5) is 35.8. The second-order valence-electron chi connectivity index (χ2n) is 5.13. The number of carbonyl (C=O) groups excluding carboxylic acids is 3. The van der Waals surface area contributed by atoms with Crippen LogP contribution in [0.2, 0.25) is 0 Å². The van der Waals surface area contributed by atoms with Gasteiger partial charge in [0.1, 0.15) is 11.6 Å². The lowest BCUT2D eigenvalue weighted by Gasteiger charge is -2.23. The van der Waals surface area contributed by atoms with Crippen molar-refractivity contribution in [1.29, 1.82) is 0 Å². The normalized spacial score (nSPS) is 23.5. The summed E-state index contributed by atoms with van der Waals surface area (Å²) in [6.07, 6.45) is 0.820. The first kappa shape index (κ1) is 14.1. The fourth-order valence-corrected chi connectivity index (χ4v) is 2.65. The molecule has 2 rings (SSSR count). The van der Waals surface area contributed by atoms with Gasteiger partial charge in [-0.25, -0.2) is 0 Å². The van der Waals surface area contributed by atoms with Crippen LogP contribution in [0.15, 0.2) is 28.7 Å². The van der Waals surface area contributed by atoms with Crippen molar-refractivity contribution in [2.24, 2.45) is 11.8 Å². The Hall–Kier alpha value is -1.29. The lowest BCUT2D eigenvalue weighted by atomic mass is 9.78. The van der Waals surface area contributed by atoms with Crippen molar-refractivity contribution in [3.8, 4) is 0 Å². The number of carbonyl (C=O) groups is 3. The van der Waals surface area contributed by atoms with Gasteiger partial charge in [-0.05, 0) is 18.1 Å². The molecule has 1 fully saturated rings. The molecule has 3 nitrogen and oxygen atoms in total. The van der Waals surface area contributed by atoms with Gasteiger partial charge < -0.3 is 0 Å². The molecule has 4 heteroatoms. The minimum Gasteiger partial charge on any atom is -0.299 e. The summed E-state index contributed by atoms with van der Waals surface area (Å²) in [6.45, 7) is 1.89. The maximum Gasteiger partial charge on any atom is 0.164 e. The SMILES string of the molecule is CC1CC(=O)C(CC(=O)c2ccc(Br)cc2)C(=O)C1. The molecule has 1 saturated carbocycles. The van der Waals surface area contributed by atoms with E-state index >= 15 is 0 Å². The van der Waals surface area contributed by atoms with Crippen molar-refractivity contribution in [3.05, 3.63) is 34.3 Å². The summed E-state index contributed by atoms with van der Waals surface area (Å²) in [7, 11) is 0. The average Bonchev–Trinajstić information content (AvgIpc) is 2.34. The number of benzene rings is 1. The van der Waals surface area contributed by atoms with Gasteiger partial charge in [0.15, 0.2) is 5.78 Å². The number of halogens is 1. The molecule has 1 aromatic rings. The van der Waals surface area contributed by atoms with Gasteiger partial charge in [-0.15, -0.1) is 0 Å². The molecule has 1 aliphatic rings. The van der Waals surface area contributed by atoms with Crippen LogP contribution >= 0.6 is 15.9 Å². The third-order valence-corrected chi connectivity index (χ3v) is 3.96. The summed E-state index contributed by atoms with van der Waals surface area (Å²) >= 11 is 3.30. The molecule has 1 aromatic carbocycles. The maximum absolute atomic E-state index is 12.1. The van der Waals surface area contributed by atoms with E-state index in [-0.39, 0.29) is 29.7 Å². The summed E-state index contributed by atoms with van der Waals surface area (Å²) in [5, 5.41) is 0. The van der Waals surface area contributed by atoms with Crippen LogP contribution in [0.5, 0.6) is 0 Å². The fourth-order valence-electron chi connectivity index (χ4n) is 2.39. The van der Waals surface area contributed by atoms with Crippen LogP contribution in [0, 0.1) is 11.8 Å². The zero-order valence-electron chi connectivity index (χ0n) is 10.7. The summed E-state index contributed by atoms with van der Waals surface area (Å²) < 4.78 is 0.891. The highest BCUT2D eigenvalue weighted by Crippen LogP contribution is 2.26. The van der Waals surface area contributed by atoms with Crippen molar-refractivity contribution in [2.75, 3.05) is 0 Å². The summed E-state index contributed by atoms with van der Waals surface area (Å²) in [6, 6.07) is 6.96. The van der Waals surface area contributed by atoms with Gasteiger partial charge in [-0.3, -0.25) is 14.4 Å². The van der Waals surface area contributed by atoms with Gasteiger partial charge in [0, 0.05) is 29.3 Å². The van der Waals surface area contributed by atoms with Crippen LogP contribution in [0.4, 0.5) is 0 Å². The predicted molar refractivity (Wildman–Crippen MR) is 75.0 cm³/mol. The molecule has 19 heavy (non-hydrogen) atoms. The van der Waals surface area contributed by atoms with Crippen molar-refractivity contribution < 1.29 is 14.4 Å². The maximum atomic E-state index is 12.1. The number of Topliss-reactive ketones (excluding diaryl/α,β-unsaturated/α-hetero) is 3. The van der Waals surface area contributed by atoms with Gasteiger partial charge in [0.25, 0.3) is 0 Å². The van der Waals surface area contributed by atoms with E-state index in [1.165, 1.54) is 0 Å². The smallest absolute Gasteiger partial charge is 0.164 e. The Kier molecular flexibility index (Phi) is 4.30. The Bertz CT molecular complexity index is 501. The largest absolute Gasteiger partial charge is 0.299 e. The summed E-state index contributed by atoms with van der Waals surface area (Å²) in [5.41, 5.74) is 0.544. The van der Waals surface area contributed by atoms with Gasteiger partial charge in [-0.2, -0.15) is 0 Å². The predicted octanol–water partition coefficient (Wildman–Crippen LogP) is 3.21. The summed E-state index contributed by atoms with van der Waals surface area (Å²) in [5.74, 6) is -0.941. The van der Waals surface area contributed by atoms with Gasteiger partial charge in [0.2, 0.25) is 0 Å². The molecule has 0 aliphatic heterocycles. The number of ketones is 3. The third-order valence-electron chi connectivity index (χ3n) is 3.43. The highest BCUT2D eigenvalue weighted by molar-refractivity contribution is 9.10. The Morgan fingerprint density at radius 3 is 2.21 bits per heavy atom. The second kappa shape index (κ2) is 5.78. The third kappa shape index (κ3) is 3.38. The molecule has 100 valence electrons. The molecule has 0 radical (unpaired) electrons. The first-order valence-corrected chi connectivity index (χ1v) is 7.11. The van der Waals surface area contributed by atoms with Gasteiger partial charge >= 0.3 is 0 Å². The van der Waals surface area contributed by atoms with Crippen molar-refractivity contribution in [2.45, 2.75) is 26.2 Å². The number of hydrogen-bond acceptors (Lipinski definition) is 3. The molecule has 0 atom stereocenters. The van der Waals surface area contributed by atoms with E-state index in [4.69, 9.17) is 0 Å². The second-order valence-corrected chi connectivity index (χ2v) is 6.05. The monoisotopic (exact) mass is 322 g/mol. The molecule has 0 heterocycles. The number of rotatable bonds is 3. The lowest BCUT2D eigenvalue weighted by Crippen LogP contribution is -2.34. The molecule has 0 bridgehead atoms. The topological polar surface area (TPSA) is 51.2 Å². The van der Waals surface area contributed by atoms with E-state index < -0.39 is 5.92 Å². The lowest BCUT2D eigenvalue weighted by molar-refractivity contribution is -0.137. The van der Waals surface area contributed by atoms with Crippen LogP contribution in [-0.4, -0.2) is 17.3 Å². The van der Waals surface area contributed by atoms with Crippen molar-refractivity contribution in [3.63, 3.8) is 0 Å². The molecule has 1 aliphatic carbocycles. The first-order valence-electron chi connectivity index (χ1n) is 6.31. The Labute approximate surface area is 120 Å². The van der Waals surface area contributed by atoms with Crippen LogP contribution in [0.25, 0.3) is 0 Å². The van der Waals surface area contributed by atoms with E-state index in [2.05, 4.69) is 15.9 Å². The fraction of sp³-hybridized carbons (Fsp3) is 0.400. The molecule has 0 spiro atoms. The molecule has 0 unspecified atom stereocenters. The van der Waals surface area contributed by atoms with Crippen LogP contribution < -0.4 is 0 Å². The van der Waals surface area contributed by atoms with E-state index in [1.54, 1.807) is 24.3 Å². The van der Waals surface area contributed by atoms with Gasteiger partial charge in [-0.1, -0.05) is 35.0 Å². The molecule has 0 N–H and O–H groups in total. The average molecular weight is 323 g/mol.